The van der Waals surface area contributed by atoms with Gasteiger partial charge in [0.25, 0.3) is 0 Å². The lowest BCUT2D eigenvalue weighted by molar-refractivity contribution is 0.264. The Bertz CT molecular complexity index is 589. The molecule has 0 spiro atoms. The quantitative estimate of drug-likeness (QED) is 0.895. The lowest BCUT2D eigenvalue weighted by atomic mass is 9.91. The number of fused-ring (bicyclic) bond motifs is 1. The van der Waals surface area contributed by atoms with E-state index in [0.29, 0.717) is 0 Å². The average Bonchev–Trinajstić information content (AvgIpc) is 2.93. The van der Waals surface area contributed by atoms with Gasteiger partial charge in [-0.05, 0) is 60.1 Å². The number of halogens is 1. The molecule has 1 atom stereocenters. The molecule has 2 aromatic carbocycles. The summed E-state index contributed by atoms with van der Waals surface area (Å²) in [5, 5.41) is 10.4. The Balaban J connectivity index is 1.79. The van der Waals surface area contributed by atoms with Gasteiger partial charge in [-0.3, -0.25) is 0 Å². The minimum absolute atomic E-state index is 0.145. The van der Waals surface area contributed by atoms with Gasteiger partial charge in [0.15, 0.2) is 0 Å². The van der Waals surface area contributed by atoms with E-state index in [2.05, 4.69) is 18.2 Å². The third-order valence-corrected chi connectivity index (χ3v) is 4.46. The van der Waals surface area contributed by atoms with Crippen molar-refractivity contribution in [1.82, 2.24) is 0 Å². The normalized spacial score (nSPS) is 15.1. The molecule has 0 bridgehead atoms. The molecule has 3 rings (SSSR count). The van der Waals surface area contributed by atoms with Gasteiger partial charge in [0.1, 0.15) is 0 Å². The van der Waals surface area contributed by atoms with Crippen LogP contribution in [-0.4, -0.2) is 11.7 Å². The molecule has 0 radical (unpaired) electrons. The molecule has 20 heavy (non-hydrogen) atoms. The van der Waals surface area contributed by atoms with Crippen LogP contribution in [0.1, 0.15) is 34.6 Å². The number of hydrogen-bond donors (Lipinski definition) is 1. The van der Waals surface area contributed by atoms with E-state index in [4.69, 9.17) is 11.6 Å². The zero-order chi connectivity index (χ0) is 13.9. The fourth-order valence-corrected chi connectivity index (χ4v) is 3.19. The smallest absolute Gasteiger partial charge is 0.0502 e. The van der Waals surface area contributed by atoms with Gasteiger partial charge in [0.2, 0.25) is 0 Å². The summed E-state index contributed by atoms with van der Waals surface area (Å²) in [4.78, 5) is 0. The first-order valence-electron chi connectivity index (χ1n) is 7.23. The Morgan fingerprint density at radius 3 is 2.50 bits per heavy atom. The van der Waals surface area contributed by atoms with E-state index in [1.54, 1.807) is 0 Å². The fourth-order valence-electron chi connectivity index (χ4n) is 3.06. The first kappa shape index (κ1) is 13.7. The second-order valence-electron chi connectivity index (χ2n) is 5.59. The molecule has 0 heterocycles. The highest BCUT2D eigenvalue weighted by Crippen LogP contribution is 2.27. The minimum atomic E-state index is 0.145. The van der Waals surface area contributed by atoms with Crippen LogP contribution in [0, 0.1) is 0 Å². The van der Waals surface area contributed by atoms with Gasteiger partial charge >= 0.3 is 0 Å². The van der Waals surface area contributed by atoms with Crippen LogP contribution in [0.2, 0.25) is 5.02 Å². The Kier molecular flexibility index (Phi) is 4.09. The van der Waals surface area contributed by atoms with Crippen LogP contribution >= 0.6 is 11.6 Å². The van der Waals surface area contributed by atoms with Crippen LogP contribution in [0.5, 0.6) is 0 Å². The number of aliphatic hydroxyl groups excluding tert-OH is 1. The third-order valence-electron chi connectivity index (χ3n) is 4.21. The van der Waals surface area contributed by atoms with Crippen LogP contribution in [-0.2, 0) is 19.3 Å². The summed E-state index contributed by atoms with van der Waals surface area (Å²) < 4.78 is 0. The van der Waals surface area contributed by atoms with Crippen molar-refractivity contribution in [3.8, 4) is 0 Å². The maximum Gasteiger partial charge on any atom is 0.0502 e. The molecule has 0 amide bonds. The van der Waals surface area contributed by atoms with Gasteiger partial charge in [-0.15, -0.1) is 0 Å². The van der Waals surface area contributed by atoms with Crippen molar-refractivity contribution in [1.29, 1.82) is 0 Å². The van der Waals surface area contributed by atoms with Crippen molar-refractivity contribution in [3.05, 3.63) is 69.7 Å². The van der Waals surface area contributed by atoms with E-state index in [-0.39, 0.29) is 12.5 Å². The first-order valence-corrected chi connectivity index (χ1v) is 7.61. The van der Waals surface area contributed by atoms with E-state index in [9.17, 15) is 5.11 Å². The molecule has 1 aliphatic rings. The van der Waals surface area contributed by atoms with Crippen LogP contribution in [0.3, 0.4) is 0 Å². The van der Waals surface area contributed by atoms with Crippen LogP contribution in [0.4, 0.5) is 0 Å². The van der Waals surface area contributed by atoms with Crippen molar-refractivity contribution in [2.45, 2.75) is 31.6 Å². The maximum absolute atomic E-state index is 9.67. The molecule has 0 fully saturated rings. The van der Waals surface area contributed by atoms with Gasteiger partial charge in [-0.25, -0.2) is 0 Å². The number of rotatable bonds is 4. The topological polar surface area (TPSA) is 20.2 Å². The standard InChI is InChI=1S/C18H19ClO/c19-18-8-6-15(7-9-18)17(12-20)11-13-4-5-14-2-1-3-16(14)10-13/h4-10,17,20H,1-3,11-12H2. The molecule has 2 heteroatoms. The highest BCUT2D eigenvalue weighted by Gasteiger charge is 2.15. The Morgan fingerprint density at radius 2 is 1.75 bits per heavy atom. The van der Waals surface area contributed by atoms with Gasteiger partial charge in [0.05, 0.1) is 6.61 Å². The summed E-state index contributed by atoms with van der Waals surface area (Å²) in [6.07, 6.45) is 4.58. The van der Waals surface area contributed by atoms with Crippen LogP contribution in [0.15, 0.2) is 42.5 Å². The largest absolute Gasteiger partial charge is 0.396 e. The van der Waals surface area contributed by atoms with Gasteiger partial charge in [0, 0.05) is 10.9 Å². The van der Waals surface area contributed by atoms with E-state index in [1.165, 1.54) is 36.0 Å². The van der Waals surface area contributed by atoms with Crippen LogP contribution < -0.4 is 0 Å². The van der Waals surface area contributed by atoms with Crippen molar-refractivity contribution in [2.24, 2.45) is 0 Å². The van der Waals surface area contributed by atoms with Crippen molar-refractivity contribution in [2.75, 3.05) is 6.61 Å². The van der Waals surface area contributed by atoms with Crippen molar-refractivity contribution < 1.29 is 5.11 Å². The highest BCUT2D eigenvalue weighted by molar-refractivity contribution is 6.30. The lowest BCUT2D eigenvalue weighted by Crippen LogP contribution is -2.08. The fraction of sp³-hybridized carbons (Fsp3) is 0.333. The Hall–Kier alpha value is -1.31. The van der Waals surface area contributed by atoms with Gasteiger partial charge < -0.3 is 5.11 Å². The predicted molar refractivity (Wildman–Crippen MR) is 83.4 cm³/mol. The van der Waals surface area contributed by atoms with Gasteiger partial charge in [-0.1, -0.05) is 41.9 Å². The zero-order valence-electron chi connectivity index (χ0n) is 11.5. The average molecular weight is 287 g/mol. The predicted octanol–water partition coefficient (Wildman–Crippen LogP) is 4.15. The molecule has 0 saturated heterocycles. The SMILES string of the molecule is OCC(Cc1ccc2c(c1)CCC2)c1ccc(Cl)cc1. The molecular weight excluding hydrogens is 268 g/mol. The number of aliphatic hydroxyl groups is 1. The van der Waals surface area contributed by atoms with E-state index in [0.717, 1.165) is 17.0 Å². The zero-order valence-corrected chi connectivity index (χ0v) is 12.2. The molecular formula is C18H19ClO. The maximum atomic E-state index is 9.67. The van der Waals surface area contributed by atoms with Crippen molar-refractivity contribution >= 4 is 11.6 Å². The lowest BCUT2D eigenvalue weighted by Gasteiger charge is -2.15. The summed E-state index contributed by atoms with van der Waals surface area (Å²) in [6.45, 7) is 0.165. The summed E-state index contributed by atoms with van der Waals surface area (Å²) in [6, 6.07) is 14.6. The molecule has 1 N–H and O–H groups in total. The van der Waals surface area contributed by atoms with Crippen molar-refractivity contribution in [3.63, 3.8) is 0 Å². The third kappa shape index (κ3) is 2.89. The number of benzene rings is 2. The molecule has 1 unspecified atom stereocenters. The molecule has 2 aromatic rings. The summed E-state index contributed by atoms with van der Waals surface area (Å²) in [5.74, 6) is 0.145. The first-order chi connectivity index (χ1) is 9.76. The summed E-state index contributed by atoms with van der Waals surface area (Å²) in [5.41, 5.74) is 5.47. The number of hydrogen-bond acceptors (Lipinski definition) is 1. The second-order valence-corrected chi connectivity index (χ2v) is 6.03. The molecule has 0 saturated carbocycles. The van der Waals surface area contributed by atoms with Gasteiger partial charge in [-0.2, -0.15) is 0 Å². The second kappa shape index (κ2) is 5.99. The Labute approximate surface area is 125 Å². The molecule has 0 aliphatic heterocycles. The molecule has 1 nitrogen and oxygen atoms in total. The molecule has 1 aliphatic carbocycles. The molecule has 0 aromatic heterocycles. The van der Waals surface area contributed by atoms with E-state index >= 15 is 0 Å². The van der Waals surface area contributed by atoms with E-state index < -0.39 is 0 Å². The summed E-state index contributed by atoms with van der Waals surface area (Å²) in [7, 11) is 0. The molecule has 104 valence electrons. The monoisotopic (exact) mass is 286 g/mol. The highest BCUT2D eigenvalue weighted by atomic mass is 35.5. The Morgan fingerprint density at radius 1 is 1.00 bits per heavy atom. The van der Waals surface area contributed by atoms with E-state index in [1.807, 2.05) is 24.3 Å². The minimum Gasteiger partial charge on any atom is -0.396 e. The summed E-state index contributed by atoms with van der Waals surface area (Å²) >= 11 is 5.92. The van der Waals surface area contributed by atoms with Crippen LogP contribution in [0.25, 0.3) is 0 Å². The number of aryl methyl sites for hydroxylation is 2.